The zero-order valence-corrected chi connectivity index (χ0v) is 19.1. The maximum atomic E-state index is 12.0. The van der Waals surface area contributed by atoms with Crippen LogP contribution in [0.5, 0.6) is 5.88 Å². The summed E-state index contributed by atoms with van der Waals surface area (Å²) in [6, 6.07) is 4.10. The molecule has 13 heteroatoms. The molecule has 0 amide bonds. The van der Waals surface area contributed by atoms with Gasteiger partial charge in [0.25, 0.3) is 0 Å². The van der Waals surface area contributed by atoms with E-state index in [1.807, 2.05) is 31.3 Å². The Labute approximate surface area is 196 Å². The summed E-state index contributed by atoms with van der Waals surface area (Å²) in [7, 11) is 1.93. The second-order valence-electron chi connectivity index (χ2n) is 6.81. The Morgan fingerprint density at radius 2 is 2.09 bits per heavy atom. The van der Waals surface area contributed by atoms with Crippen LogP contribution in [0.15, 0.2) is 36.9 Å². The van der Waals surface area contributed by atoms with Crippen molar-refractivity contribution < 1.29 is 22.7 Å². The van der Waals surface area contributed by atoms with E-state index in [4.69, 9.17) is 0 Å². The number of pyridine rings is 1. The number of nitrogens with one attached hydrogen (secondary N) is 2. The molecule has 0 spiro atoms. The Morgan fingerprint density at radius 1 is 1.27 bits per heavy atom. The monoisotopic (exact) mass is 498 g/mol. The van der Waals surface area contributed by atoms with Crippen LogP contribution in [0.2, 0.25) is 0 Å². The van der Waals surface area contributed by atoms with Crippen LogP contribution in [0.4, 0.5) is 18.9 Å². The summed E-state index contributed by atoms with van der Waals surface area (Å²) in [5.74, 6) is -0.240. The molecule has 33 heavy (non-hydrogen) atoms. The largest absolute Gasteiger partial charge is 0.467 e. The van der Waals surface area contributed by atoms with Gasteiger partial charge in [0.1, 0.15) is 5.69 Å². The third kappa shape index (κ3) is 8.94. The van der Waals surface area contributed by atoms with E-state index in [1.54, 1.807) is 0 Å². The molecule has 0 aromatic carbocycles. The summed E-state index contributed by atoms with van der Waals surface area (Å²) in [4.78, 5) is 26.7. The van der Waals surface area contributed by atoms with E-state index in [9.17, 15) is 18.0 Å². The predicted molar refractivity (Wildman–Crippen MR) is 121 cm³/mol. The lowest BCUT2D eigenvalue weighted by Crippen LogP contribution is -2.19. The lowest BCUT2D eigenvalue weighted by molar-refractivity contribution is -0.154. The molecule has 4 rings (SSSR count). The molecule has 1 saturated carbocycles. The fraction of sp³-hybridized carbons (Fsp3) is 0.350. The zero-order valence-electron chi connectivity index (χ0n) is 17.5. The fourth-order valence-electron chi connectivity index (χ4n) is 2.31. The number of thiazole rings is 1. The minimum absolute atomic E-state index is 0.240. The molecule has 3 aromatic rings. The Morgan fingerprint density at radius 3 is 2.76 bits per heavy atom. The number of alkyl halides is 3. The van der Waals surface area contributed by atoms with E-state index in [2.05, 4.69) is 40.8 Å². The minimum Gasteiger partial charge on any atom is -0.467 e. The van der Waals surface area contributed by atoms with Gasteiger partial charge in [0.2, 0.25) is 5.88 Å². The zero-order chi connectivity index (χ0) is 23.7. The van der Waals surface area contributed by atoms with E-state index in [0.717, 1.165) is 40.7 Å². The molecule has 0 bridgehead atoms. The maximum absolute atomic E-state index is 12.0. The van der Waals surface area contributed by atoms with Crippen LogP contribution in [0.3, 0.4) is 0 Å². The number of aromatic nitrogens is 4. The Bertz CT molecular complexity index is 1050. The first-order valence-electron chi connectivity index (χ1n) is 9.80. The highest BCUT2D eigenvalue weighted by Crippen LogP contribution is 2.34. The molecular formula is C20H21F3N6O2S2. The number of carbonyl (C=O) groups excluding carboxylic acids is 1. The van der Waals surface area contributed by atoms with Crippen molar-refractivity contribution in [2.75, 3.05) is 18.4 Å². The van der Waals surface area contributed by atoms with Crippen LogP contribution in [-0.2, 0) is 6.54 Å². The molecular weight excluding hydrogens is 477 g/mol. The van der Waals surface area contributed by atoms with Crippen molar-refractivity contribution in [3.8, 4) is 16.5 Å². The number of carbonyl (C=O) groups is 1. The molecule has 0 saturated heterocycles. The molecule has 8 nitrogen and oxygen atoms in total. The van der Waals surface area contributed by atoms with E-state index in [-0.39, 0.29) is 10.9 Å². The number of anilines is 1. The van der Waals surface area contributed by atoms with Crippen LogP contribution in [-0.4, -0.2) is 51.3 Å². The van der Waals surface area contributed by atoms with Gasteiger partial charge in [-0.1, -0.05) is 0 Å². The summed E-state index contributed by atoms with van der Waals surface area (Å²) >= 11 is 2.88. The van der Waals surface area contributed by atoms with Crippen molar-refractivity contribution in [2.45, 2.75) is 30.8 Å². The van der Waals surface area contributed by atoms with Gasteiger partial charge in [-0.15, -0.1) is 11.3 Å². The van der Waals surface area contributed by atoms with Gasteiger partial charge >= 0.3 is 6.18 Å². The summed E-state index contributed by atoms with van der Waals surface area (Å²) < 4.78 is 43.8. The highest BCUT2D eigenvalue weighted by Gasteiger charge is 2.28. The molecule has 3 aromatic heterocycles. The fourth-order valence-corrected chi connectivity index (χ4v) is 3.80. The maximum Gasteiger partial charge on any atom is 0.422 e. The van der Waals surface area contributed by atoms with E-state index >= 15 is 0 Å². The first-order valence-corrected chi connectivity index (χ1v) is 11.5. The first kappa shape index (κ1) is 24.9. The van der Waals surface area contributed by atoms with Gasteiger partial charge in [-0.2, -0.15) is 13.2 Å². The number of hydrogen-bond donors (Lipinski definition) is 2. The number of rotatable bonds is 9. The number of hydrogen-bond acceptors (Lipinski definition) is 10. The molecule has 0 atom stereocenters. The van der Waals surface area contributed by atoms with Crippen LogP contribution in [0.25, 0.3) is 10.6 Å². The van der Waals surface area contributed by atoms with Crippen molar-refractivity contribution in [3.05, 3.63) is 47.6 Å². The smallest absolute Gasteiger partial charge is 0.422 e. The minimum atomic E-state index is -4.44. The lowest BCUT2D eigenvalue weighted by atomic mass is 10.3. The van der Waals surface area contributed by atoms with Crippen LogP contribution in [0, 0.1) is 0 Å². The molecule has 0 aliphatic heterocycles. The summed E-state index contributed by atoms with van der Waals surface area (Å²) in [6.45, 7) is -0.614. The average Bonchev–Trinajstić information content (AvgIpc) is 3.51. The number of halogens is 3. The Balaban J connectivity index is 0.000000194. The third-order valence-electron chi connectivity index (χ3n) is 3.92. The quantitative estimate of drug-likeness (QED) is 0.329. The van der Waals surface area contributed by atoms with Crippen LogP contribution in [0.1, 0.15) is 28.3 Å². The van der Waals surface area contributed by atoms with E-state index in [0.29, 0.717) is 16.9 Å². The van der Waals surface area contributed by atoms with E-state index < -0.39 is 12.8 Å². The van der Waals surface area contributed by atoms with Gasteiger partial charge in [0.15, 0.2) is 17.9 Å². The molecule has 176 valence electrons. The number of nitrogens with zero attached hydrogens (tertiary/aromatic N) is 4. The predicted octanol–water partition coefficient (Wildman–Crippen LogP) is 4.38. The Kier molecular flexibility index (Phi) is 8.97. The molecule has 3 heterocycles. The van der Waals surface area contributed by atoms with Crippen LogP contribution >= 0.6 is 23.3 Å². The van der Waals surface area contributed by atoms with Crippen molar-refractivity contribution >= 4 is 35.3 Å². The second-order valence-corrected chi connectivity index (χ2v) is 8.98. The SMILES string of the molecule is CNCc1cc(NSC2CC2)ccn1.O=Cc1ncc(-c2cncc(OCC(F)(F)F)n2)s1. The van der Waals surface area contributed by atoms with Crippen molar-refractivity contribution in [1.82, 2.24) is 25.3 Å². The number of aldehydes is 1. The normalized spacial score (nSPS) is 13.1. The summed E-state index contributed by atoms with van der Waals surface area (Å²) in [5.41, 5.74) is 2.53. The molecule has 1 aliphatic carbocycles. The van der Waals surface area contributed by atoms with Gasteiger partial charge < -0.3 is 14.8 Å². The van der Waals surface area contributed by atoms with Gasteiger partial charge in [-0.05, 0) is 44.0 Å². The molecule has 1 fully saturated rings. The lowest BCUT2D eigenvalue weighted by Gasteiger charge is -2.08. The standard InChI is InChI=1S/C10H6F3N3O2S.C10H15N3S/c11-10(12,13)5-18-8-3-14-1-6(16-8)7-2-15-9(4-17)19-7;1-11-7-9-6-8(4-5-12-9)13-14-10-2-3-10/h1-4H,5H2;4-6,10-11H,2-3,7H2,1H3,(H,12,13). The van der Waals surface area contributed by atoms with Crippen molar-refractivity contribution in [2.24, 2.45) is 0 Å². The number of ether oxygens (including phenoxy) is 1. The average molecular weight is 499 g/mol. The third-order valence-corrected chi connectivity index (χ3v) is 6.02. The van der Waals surface area contributed by atoms with Gasteiger partial charge in [-0.25, -0.2) is 9.97 Å². The van der Waals surface area contributed by atoms with Gasteiger partial charge in [-0.3, -0.25) is 14.8 Å². The molecule has 0 radical (unpaired) electrons. The first-order chi connectivity index (χ1) is 15.9. The van der Waals surface area contributed by atoms with Crippen molar-refractivity contribution in [1.29, 1.82) is 0 Å². The molecule has 2 N–H and O–H groups in total. The summed E-state index contributed by atoms with van der Waals surface area (Å²) in [6.07, 6.45) is 4.52. The molecule has 1 aliphatic rings. The van der Waals surface area contributed by atoms with Crippen molar-refractivity contribution in [3.63, 3.8) is 0 Å². The molecule has 0 unspecified atom stereocenters. The Hall–Kier alpha value is -2.77. The second kappa shape index (κ2) is 11.9. The summed E-state index contributed by atoms with van der Waals surface area (Å²) in [5, 5.41) is 4.17. The van der Waals surface area contributed by atoms with Gasteiger partial charge in [0.05, 0.1) is 23.0 Å². The van der Waals surface area contributed by atoms with Gasteiger partial charge in [0, 0.05) is 29.9 Å². The highest BCUT2D eigenvalue weighted by molar-refractivity contribution is 8.01. The van der Waals surface area contributed by atoms with Crippen LogP contribution < -0.4 is 14.8 Å². The van der Waals surface area contributed by atoms with E-state index in [1.165, 1.54) is 25.2 Å². The topological polar surface area (TPSA) is 102 Å². The highest BCUT2D eigenvalue weighted by atomic mass is 32.2.